The number of carbonyl (C=O) groups excluding carboxylic acids is 2. The molecule has 0 saturated heterocycles. The highest BCUT2D eigenvalue weighted by Crippen LogP contribution is 2.31. The van der Waals surface area contributed by atoms with Gasteiger partial charge in [-0.05, 0) is 42.9 Å². The summed E-state index contributed by atoms with van der Waals surface area (Å²) < 4.78 is 5.96. The lowest BCUT2D eigenvalue weighted by atomic mass is 9.86. The third kappa shape index (κ3) is 7.12. The van der Waals surface area contributed by atoms with Crippen molar-refractivity contribution in [3.63, 3.8) is 0 Å². The number of hydrogen-bond acceptors (Lipinski definition) is 3. The molecule has 1 N–H and O–H groups in total. The fourth-order valence-electron chi connectivity index (χ4n) is 3.42. The first-order chi connectivity index (χ1) is 14.6. The predicted molar refractivity (Wildman–Crippen MR) is 125 cm³/mol. The SMILES string of the molecule is CCCNC(=O)C(C)N(Cc1cccc(C)c1)C(=O)COc1ccccc1C(C)(C)C. The average Bonchev–Trinajstić information content (AvgIpc) is 2.73. The lowest BCUT2D eigenvalue weighted by Crippen LogP contribution is -2.49. The Kier molecular flexibility index (Phi) is 8.66. The third-order valence-corrected chi connectivity index (χ3v) is 5.20. The predicted octanol–water partition coefficient (Wildman–Crippen LogP) is 4.61. The van der Waals surface area contributed by atoms with E-state index in [0.717, 1.165) is 23.1 Å². The van der Waals surface area contributed by atoms with Gasteiger partial charge < -0.3 is 15.0 Å². The van der Waals surface area contributed by atoms with Crippen LogP contribution in [0.1, 0.15) is 57.7 Å². The highest BCUT2D eigenvalue weighted by molar-refractivity contribution is 5.88. The van der Waals surface area contributed by atoms with Gasteiger partial charge in [0.1, 0.15) is 11.8 Å². The molecule has 0 radical (unpaired) electrons. The molecule has 0 bridgehead atoms. The summed E-state index contributed by atoms with van der Waals surface area (Å²) in [6, 6.07) is 15.2. The van der Waals surface area contributed by atoms with E-state index in [1.807, 2.05) is 62.4 Å². The van der Waals surface area contributed by atoms with Crippen molar-refractivity contribution in [1.82, 2.24) is 10.2 Å². The third-order valence-electron chi connectivity index (χ3n) is 5.20. The minimum atomic E-state index is -0.596. The van der Waals surface area contributed by atoms with Gasteiger partial charge in [-0.2, -0.15) is 0 Å². The van der Waals surface area contributed by atoms with Gasteiger partial charge in [0, 0.05) is 13.1 Å². The van der Waals surface area contributed by atoms with Gasteiger partial charge in [0.15, 0.2) is 6.61 Å². The zero-order valence-corrected chi connectivity index (χ0v) is 19.7. The quantitative estimate of drug-likeness (QED) is 0.639. The lowest BCUT2D eigenvalue weighted by molar-refractivity contribution is -0.142. The maximum absolute atomic E-state index is 13.2. The summed E-state index contributed by atoms with van der Waals surface area (Å²) in [5, 5.41) is 2.89. The molecular weight excluding hydrogens is 388 g/mol. The Morgan fingerprint density at radius 2 is 1.81 bits per heavy atom. The first kappa shape index (κ1) is 24.4. The van der Waals surface area contributed by atoms with E-state index in [-0.39, 0.29) is 23.8 Å². The Bertz CT molecular complexity index is 886. The van der Waals surface area contributed by atoms with Gasteiger partial charge in [0.25, 0.3) is 5.91 Å². The molecule has 5 nitrogen and oxygen atoms in total. The molecule has 2 aromatic rings. The summed E-state index contributed by atoms with van der Waals surface area (Å²) in [5.74, 6) is 0.323. The molecule has 0 aliphatic heterocycles. The number of carbonyl (C=O) groups is 2. The second kappa shape index (κ2) is 11.0. The standard InChI is InChI=1S/C26H36N2O3/c1-7-15-27-25(30)20(3)28(17-21-12-10-11-19(2)16-21)24(29)18-31-23-14-9-8-13-22(23)26(4,5)6/h8-14,16,20H,7,15,17-18H2,1-6H3,(H,27,30). The first-order valence-corrected chi connectivity index (χ1v) is 11.0. The largest absolute Gasteiger partial charge is 0.483 e. The zero-order valence-electron chi connectivity index (χ0n) is 19.7. The van der Waals surface area contributed by atoms with Crippen LogP contribution in [0.3, 0.4) is 0 Å². The van der Waals surface area contributed by atoms with Gasteiger partial charge in [0.2, 0.25) is 5.91 Å². The maximum atomic E-state index is 13.2. The molecule has 2 rings (SSSR count). The van der Waals surface area contributed by atoms with Crippen molar-refractivity contribution < 1.29 is 14.3 Å². The van der Waals surface area contributed by atoms with Crippen LogP contribution < -0.4 is 10.1 Å². The summed E-state index contributed by atoms with van der Waals surface area (Å²) in [6.45, 7) is 12.9. The second-order valence-corrected chi connectivity index (χ2v) is 9.01. The Labute approximate surface area is 186 Å². The molecule has 0 fully saturated rings. The molecule has 1 unspecified atom stereocenters. The molecule has 5 heteroatoms. The fraction of sp³-hybridized carbons (Fsp3) is 0.462. The van der Waals surface area contributed by atoms with E-state index in [9.17, 15) is 9.59 Å². The molecule has 1 atom stereocenters. The molecule has 0 spiro atoms. The van der Waals surface area contributed by atoms with Crippen LogP contribution >= 0.6 is 0 Å². The molecule has 0 saturated carbocycles. The van der Waals surface area contributed by atoms with E-state index in [4.69, 9.17) is 4.74 Å². The number of benzene rings is 2. The maximum Gasteiger partial charge on any atom is 0.261 e. The van der Waals surface area contributed by atoms with E-state index >= 15 is 0 Å². The van der Waals surface area contributed by atoms with Crippen LogP contribution in [0.5, 0.6) is 5.75 Å². The zero-order chi connectivity index (χ0) is 23.0. The van der Waals surface area contributed by atoms with Crippen molar-refractivity contribution in [2.45, 2.75) is 66.0 Å². The Hall–Kier alpha value is -2.82. The summed E-state index contributed by atoms with van der Waals surface area (Å²) in [6.07, 6.45) is 0.844. The molecule has 0 aliphatic rings. The molecule has 0 heterocycles. The van der Waals surface area contributed by atoms with Crippen molar-refractivity contribution in [3.8, 4) is 5.75 Å². The average molecular weight is 425 g/mol. The van der Waals surface area contributed by atoms with Crippen molar-refractivity contribution in [1.29, 1.82) is 0 Å². The number of amides is 2. The van der Waals surface area contributed by atoms with Gasteiger partial charge in [-0.1, -0.05) is 75.7 Å². The normalized spacial score (nSPS) is 12.2. The second-order valence-electron chi connectivity index (χ2n) is 9.01. The summed E-state index contributed by atoms with van der Waals surface area (Å²) >= 11 is 0. The van der Waals surface area contributed by atoms with Crippen molar-refractivity contribution >= 4 is 11.8 Å². The van der Waals surface area contributed by atoms with Crippen molar-refractivity contribution in [2.24, 2.45) is 0 Å². The molecule has 0 aliphatic carbocycles. The number of hydrogen-bond donors (Lipinski definition) is 1. The van der Waals surface area contributed by atoms with Gasteiger partial charge in [-0.25, -0.2) is 0 Å². The number of nitrogens with one attached hydrogen (secondary N) is 1. The van der Waals surface area contributed by atoms with Crippen molar-refractivity contribution in [2.75, 3.05) is 13.2 Å². The van der Waals surface area contributed by atoms with E-state index in [1.54, 1.807) is 11.8 Å². The van der Waals surface area contributed by atoms with Crippen LogP contribution in [0.2, 0.25) is 0 Å². The van der Waals surface area contributed by atoms with Crippen molar-refractivity contribution in [3.05, 3.63) is 65.2 Å². The monoisotopic (exact) mass is 424 g/mol. The van der Waals surface area contributed by atoms with Crippen LogP contribution in [0.15, 0.2) is 48.5 Å². The van der Waals surface area contributed by atoms with Gasteiger partial charge in [0.05, 0.1) is 0 Å². The molecular formula is C26H36N2O3. The number of ether oxygens (including phenoxy) is 1. The summed E-state index contributed by atoms with van der Waals surface area (Å²) in [4.78, 5) is 27.4. The Balaban J connectivity index is 2.21. The van der Waals surface area contributed by atoms with Crippen LogP contribution in [0.25, 0.3) is 0 Å². The minimum Gasteiger partial charge on any atom is -0.483 e. The number of aryl methyl sites for hydroxylation is 1. The van der Waals surface area contributed by atoms with Gasteiger partial charge in [-0.15, -0.1) is 0 Å². The smallest absolute Gasteiger partial charge is 0.261 e. The van der Waals surface area contributed by atoms with Crippen LogP contribution in [0.4, 0.5) is 0 Å². The topological polar surface area (TPSA) is 58.6 Å². The van der Waals surface area contributed by atoms with Gasteiger partial charge in [-0.3, -0.25) is 9.59 Å². The van der Waals surface area contributed by atoms with Crippen LogP contribution in [0, 0.1) is 6.92 Å². The number of nitrogens with zero attached hydrogens (tertiary/aromatic N) is 1. The molecule has 0 aromatic heterocycles. The number of para-hydroxylation sites is 1. The minimum absolute atomic E-state index is 0.103. The first-order valence-electron chi connectivity index (χ1n) is 11.0. The fourth-order valence-corrected chi connectivity index (χ4v) is 3.42. The Morgan fingerprint density at radius 1 is 1.10 bits per heavy atom. The highest BCUT2D eigenvalue weighted by Gasteiger charge is 2.27. The molecule has 2 aromatic carbocycles. The van der Waals surface area contributed by atoms with E-state index in [2.05, 4.69) is 26.1 Å². The summed E-state index contributed by atoms with van der Waals surface area (Å²) in [7, 11) is 0. The van der Waals surface area contributed by atoms with Gasteiger partial charge >= 0.3 is 0 Å². The molecule has 31 heavy (non-hydrogen) atoms. The van der Waals surface area contributed by atoms with E-state index in [1.165, 1.54) is 0 Å². The van der Waals surface area contributed by atoms with E-state index in [0.29, 0.717) is 18.8 Å². The molecule has 168 valence electrons. The van der Waals surface area contributed by atoms with Crippen LogP contribution in [-0.4, -0.2) is 35.9 Å². The Morgan fingerprint density at radius 3 is 2.45 bits per heavy atom. The number of rotatable bonds is 9. The lowest BCUT2D eigenvalue weighted by Gasteiger charge is -2.29. The highest BCUT2D eigenvalue weighted by atomic mass is 16.5. The van der Waals surface area contributed by atoms with E-state index < -0.39 is 6.04 Å². The summed E-state index contributed by atoms with van der Waals surface area (Å²) in [5.41, 5.74) is 3.04. The van der Waals surface area contributed by atoms with Crippen LogP contribution in [-0.2, 0) is 21.5 Å². The molecule has 2 amide bonds.